The Bertz CT molecular complexity index is 4520. The molecule has 0 saturated heterocycles. The van der Waals surface area contributed by atoms with E-state index in [0.29, 0.717) is 39.7 Å². The van der Waals surface area contributed by atoms with Crippen LogP contribution in [0, 0.1) is 10.1 Å². The number of hydrogen-bond acceptors (Lipinski definition) is 20. The van der Waals surface area contributed by atoms with Crippen LogP contribution in [0.25, 0.3) is 20.9 Å². The van der Waals surface area contributed by atoms with Gasteiger partial charge in [-0.05, 0) is 191 Å². The van der Waals surface area contributed by atoms with Gasteiger partial charge in [0.25, 0.3) is 5.69 Å². The highest BCUT2D eigenvalue weighted by Crippen LogP contribution is 2.44. The monoisotopic (exact) mass is 1650 g/mol. The van der Waals surface area contributed by atoms with Gasteiger partial charge in [-0.25, -0.2) is 55.4 Å². The van der Waals surface area contributed by atoms with Crippen molar-refractivity contribution >= 4 is 101 Å². The van der Waals surface area contributed by atoms with Gasteiger partial charge in [0, 0.05) is 95.1 Å². The van der Waals surface area contributed by atoms with Gasteiger partial charge in [0.1, 0.15) is 5.75 Å². The minimum absolute atomic E-state index is 0.0101. The smallest absolute Gasteiger partial charge is 0.417 e. The van der Waals surface area contributed by atoms with E-state index < -0.39 is 77.0 Å². The van der Waals surface area contributed by atoms with Gasteiger partial charge in [-0.1, -0.05) is 114 Å². The maximum absolute atomic E-state index is 14.3. The summed E-state index contributed by atoms with van der Waals surface area (Å²) < 4.78 is 91.4. The molecule has 0 atom stereocenters. The predicted molar refractivity (Wildman–Crippen MR) is 449 cm³/mol. The molecule has 0 aliphatic heterocycles. The molecule has 32 heteroatoms. The fourth-order valence-electron chi connectivity index (χ4n) is 11.6. The Morgan fingerprint density at radius 1 is 0.554 bits per heavy atom. The molecule has 2 saturated carbocycles. The minimum atomic E-state index is -4.22. The Hall–Kier alpha value is -8.03. The largest absolute Gasteiger partial charge is 0.447 e. The number of benzene rings is 5. The predicted octanol–water partition coefficient (Wildman–Crippen LogP) is 18.1. The summed E-state index contributed by atoms with van der Waals surface area (Å²) in [5, 5.41) is 26.8. The fraction of sp³-hybridized carbons (Fsp3) is 0.500. The molecule has 0 spiro atoms. The average molecular weight is 1660 g/mol. The van der Waals surface area contributed by atoms with E-state index >= 15 is 0 Å². The van der Waals surface area contributed by atoms with Crippen LogP contribution in [0.15, 0.2) is 144 Å². The molecule has 2 aliphatic rings. The number of nitrogens with zero attached hydrogens (tertiary/aromatic N) is 3. The summed E-state index contributed by atoms with van der Waals surface area (Å²) in [7, 11) is -12.7. The van der Waals surface area contributed by atoms with E-state index in [1.165, 1.54) is 64.6 Å². The van der Waals surface area contributed by atoms with Crippen LogP contribution in [-0.2, 0) is 51.5 Å². The number of anilines is 2. The van der Waals surface area contributed by atoms with Crippen LogP contribution < -0.4 is 46.5 Å². The zero-order chi connectivity index (χ0) is 82.8. The van der Waals surface area contributed by atoms with E-state index in [2.05, 4.69) is 104 Å². The number of nitrogens with one attached hydrogen (secondary N) is 7. The van der Waals surface area contributed by atoms with Crippen LogP contribution in [0.3, 0.4) is 0 Å². The fourth-order valence-corrected chi connectivity index (χ4v) is 19.5. The summed E-state index contributed by atoms with van der Waals surface area (Å²) in [6.45, 7) is 37.0. The van der Waals surface area contributed by atoms with Gasteiger partial charge in [-0.2, -0.15) is 0 Å². The molecule has 5 amide bonds. The summed E-state index contributed by atoms with van der Waals surface area (Å²) >= 11 is 2.88. The molecule has 9 rings (SSSR count). The lowest BCUT2D eigenvalue weighted by Crippen LogP contribution is -2.51. The number of amides is 5. The molecule has 2 heterocycles. The van der Waals surface area contributed by atoms with E-state index in [1.807, 2.05) is 88.4 Å². The second-order valence-corrected chi connectivity index (χ2v) is 48.2. The van der Waals surface area contributed by atoms with Gasteiger partial charge in [0.2, 0.25) is 20.0 Å². The number of hydrogen-bond donors (Lipinski definition) is 8. The molecule has 0 unspecified atom stereocenters. The van der Waals surface area contributed by atoms with Crippen LogP contribution in [-0.4, -0.2) is 121 Å². The van der Waals surface area contributed by atoms with Crippen molar-refractivity contribution < 1.29 is 64.0 Å². The first-order valence-corrected chi connectivity index (χ1v) is 48.2. The molecule has 26 nitrogen and oxygen atoms in total. The highest BCUT2D eigenvalue weighted by molar-refractivity contribution is 7.90. The molecule has 0 bridgehead atoms. The molecular formula is C80H115N11O15S4Si2. The summed E-state index contributed by atoms with van der Waals surface area (Å²) in [6.07, 6.45) is 7.70. The van der Waals surface area contributed by atoms with Crippen LogP contribution >= 0.6 is 22.7 Å². The van der Waals surface area contributed by atoms with Gasteiger partial charge in [-0.15, -0.1) is 22.7 Å². The van der Waals surface area contributed by atoms with Crippen molar-refractivity contribution in [1.29, 1.82) is 0 Å². The van der Waals surface area contributed by atoms with E-state index in [9.17, 15) is 46.1 Å². The number of sulfonamides is 2. The number of rotatable bonds is 27. The SMILES string of the molecule is CC(C)OC(=O)NC1CCC(c2ncc(-c3ccc(NC(=O)NCc4ccccc4)cc3S(=O)(=O)NC(C)(C)CO[Si](C)(C)C(C)(C)C)s2)CC1.CC(C)OC(=O)NC1CCC(c2ncc(-c3ccc(NC(=O)Oc4ccc([N+](=O)[O-])cc4)cc3S(=O)(=O)NC(C)(C)CO[Si](C)(C)C(C)(C)C)s2)CC1.NCc1ccccc1. The number of aromatic nitrogens is 2. The Labute approximate surface area is 671 Å². The number of nitro groups is 1. The molecule has 112 heavy (non-hydrogen) atoms. The molecular weight excluding hydrogens is 1540 g/mol. The number of carbonyl (C=O) groups is 4. The molecule has 2 aromatic heterocycles. The Morgan fingerprint density at radius 3 is 1.31 bits per heavy atom. The number of urea groups is 1. The maximum atomic E-state index is 14.3. The van der Waals surface area contributed by atoms with E-state index in [0.717, 1.165) is 66.9 Å². The highest BCUT2D eigenvalue weighted by atomic mass is 32.2. The molecule has 2 aliphatic carbocycles. The quantitative estimate of drug-likeness (QED) is 0.0135. The number of alkyl carbamates (subject to hydrolysis) is 2. The first kappa shape index (κ1) is 91.2. The normalized spacial score (nSPS) is 16.5. The van der Waals surface area contributed by atoms with Crippen molar-refractivity contribution in [2.75, 3.05) is 23.8 Å². The molecule has 0 radical (unpaired) electrons. The average Bonchev–Trinajstić information content (AvgIpc) is 1.33. The van der Waals surface area contributed by atoms with Crippen LogP contribution in [0.4, 0.5) is 36.2 Å². The zero-order valence-electron chi connectivity index (χ0n) is 67.8. The lowest BCUT2D eigenvalue weighted by atomic mass is 9.86. The third-order valence-electron chi connectivity index (χ3n) is 19.8. The second kappa shape index (κ2) is 39.3. The van der Waals surface area contributed by atoms with Gasteiger partial charge < -0.3 is 50.1 Å². The third-order valence-corrected chi connectivity index (χ3v) is 34.6. The number of thiazole rings is 2. The number of non-ortho nitro benzene ring substituents is 1. The van der Waals surface area contributed by atoms with Gasteiger partial charge >= 0.3 is 24.3 Å². The molecule has 5 aromatic carbocycles. The number of nitrogens with two attached hydrogens (primary N) is 1. The van der Waals surface area contributed by atoms with Crippen molar-refractivity contribution in [2.24, 2.45) is 5.73 Å². The third kappa shape index (κ3) is 27.9. The summed E-state index contributed by atoms with van der Waals surface area (Å²) in [5.41, 5.74) is 6.80. The Morgan fingerprint density at radius 2 is 0.946 bits per heavy atom. The molecule has 612 valence electrons. The zero-order valence-corrected chi connectivity index (χ0v) is 73.1. The maximum Gasteiger partial charge on any atom is 0.417 e. The lowest BCUT2D eigenvalue weighted by molar-refractivity contribution is -0.384. The standard InChI is InChI=1S/C37H55N5O6S2Si.C36H51N5O9S2Si.C7H9N/c1-25(2)48-35(44)41-28-17-15-27(16-18-28)33-38-23-31(49-33)30-20-19-29(40-34(43)39-22-26-13-11-10-12-14-26)21-32(30)50(45,46)42-37(6,7)24-47-51(8,9)36(3,4)5;1-23(2)49-33(42)38-25-12-10-24(11-13-25)32-37-21-30(51-32)29-19-14-26(39-34(43)50-28-17-15-27(16-18-28)41(44)45)20-31(29)52(46,47)40-36(6,7)22-48-53(8,9)35(3,4)5;8-6-7-4-2-1-3-5-7/h10-14,19-21,23,25,27-28,42H,15-18,22,24H2,1-9H3,(H,41,44)(H2,39,40,43);14-21,23-25,40H,10-13,22H2,1-9H3,(H,38,42)(H,39,43);1-5H,6,8H2. The summed E-state index contributed by atoms with van der Waals surface area (Å²) in [6, 6.07) is 33.6. The lowest BCUT2D eigenvalue weighted by Gasteiger charge is -2.39. The second-order valence-electron chi connectivity index (χ2n) is 33.2. The van der Waals surface area contributed by atoms with Crippen molar-refractivity contribution in [1.82, 2.24) is 35.4 Å². The van der Waals surface area contributed by atoms with Crippen molar-refractivity contribution in [3.8, 4) is 26.6 Å². The van der Waals surface area contributed by atoms with E-state index in [-0.39, 0.29) is 86.3 Å². The van der Waals surface area contributed by atoms with Crippen molar-refractivity contribution in [2.45, 2.75) is 255 Å². The minimum Gasteiger partial charge on any atom is -0.447 e. The van der Waals surface area contributed by atoms with Crippen molar-refractivity contribution in [3.05, 3.63) is 165 Å². The Balaban J connectivity index is 0.000000282. The van der Waals surface area contributed by atoms with Crippen LogP contribution in [0.1, 0.15) is 181 Å². The topological polar surface area (TPSA) is 362 Å². The number of nitro benzene ring substituents is 1. The highest BCUT2D eigenvalue weighted by Gasteiger charge is 2.42. The molecule has 2 fully saturated rings. The first-order chi connectivity index (χ1) is 52.2. The summed E-state index contributed by atoms with van der Waals surface area (Å²) in [5.74, 6) is 0.412. The van der Waals surface area contributed by atoms with Crippen LogP contribution in [0.5, 0.6) is 5.75 Å². The molecule has 9 N–H and O–H groups in total. The molecule has 7 aromatic rings. The first-order valence-electron chi connectivity index (χ1n) is 37.8. The van der Waals surface area contributed by atoms with E-state index in [1.54, 1.807) is 64.4 Å². The van der Waals surface area contributed by atoms with Crippen LogP contribution in [0.2, 0.25) is 36.3 Å². The van der Waals surface area contributed by atoms with Gasteiger partial charge in [0.05, 0.1) is 59.9 Å². The van der Waals surface area contributed by atoms with E-state index in [4.69, 9.17) is 38.8 Å². The summed E-state index contributed by atoms with van der Waals surface area (Å²) in [4.78, 5) is 71.1. The Kier molecular flexibility index (Phi) is 32.0. The van der Waals surface area contributed by atoms with Crippen molar-refractivity contribution in [3.63, 3.8) is 0 Å². The number of ether oxygens (including phenoxy) is 3. The van der Waals surface area contributed by atoms with Gasteiger partial charge in [-0.3, -0.25) is 15.4 Å². The van der Waals surface area contributed by atoms with Gasteiger partial charge in [0.15, 0.2) is 16.6 Å². The number of carbonyl (C=O) groups excluding carboxylic acids is 4.